The average molecular weight is 611 g/mol. The van der Waals surface area contributed by atoms with Crippen molar-refractivity contribution >= 4 is 50.7 Å². The van der Waals surface area contributed by atoms with Crippen LogP contribution in [0.25, 0.3) is 0 Å². The number of carbonyl (C=O) groups excluding carboxylic acids is 2. The molecule has 220 valence electrons. The summed E-state index contributed by atoms with van der Waals surface area (Å²) in [5, 5.41) is 4.08. The van der Waals surface area contributed by atoms with Crippen molar-refractivity contribution in [3.8, 4) is 0 Å². The van der Waals surface area contributed by atoms with Gasteiger partial charge in [0.2, 0.25) is 21.8 Å². The molecule has 1 saturated carbocycles. The van der Waals surface area contributed by atoms with Crippen molar-refractivity contribution in [2.75, 3.05) is 17.1 Å². The number of hydrogen-bond acceptors (Lipinski definition) is 4. The van der Waals surface area contributed by atoms with Crippen molar-refractivity contribution in [3.63, 3.8) is 0 Å². The lowest BCUT2D eigenvalue weighted by molar-refractivity contribution is -0.141. The smallest absolute Gasteiger partial charge is 0.243 e. The largest absolute Gasteiger partial charge is 0.352 e. The van der Waals surface area contributed by atoms with Gasteiger partial charge in [-0.25, -0.2) is 8.42 Å². The van der Waals surface area contributed by atoms with Gasteiger partial charge in [-0.2, -0.15) is 0 Å². The molecule has 0 aliphatic heterocycles. The maximum absolute atomic E-state index is 13.7. The summed E-state index contributed by atoms with van der Waals surface area (Å²) < 4.78 is 26.7. The second kappa shape index (κ2) is 14.6. The Labute approximate surface area is 249 Å². The van der Waals surface area contributed by atoms with E-state index in [1.165, 1.54) is 17.0 Å². The quantitative estimate of drug-likeness (QED) is 0.301. The van der Waals surface area contributed by atoms with Gasteiger partial charge in [-0.1, -0.05) is 61.5 Å². The van der Waals surface area contributed by atoms with Crippen LogP contribution < -0.4 is 9.62 Å². The van der Waals surface area contributed by atoms with E-state index in [1.54, 1.807) is 23.1 Å². The summed E-state index contributed by atoms with van der Waals surface area (Å²) in [5.74, 6) is -0.397. The Morgan fingerprint density at radius 2 is 1.68 bits per heavy atom. The Balaban J connectivity index is 1.80. The highest BCUT2D eigenvalue weighted by atomic mass is 35.5. The van der Waals surface area contributed by atoms with Crippen LogP contribution in [0.4, 0.5) is 5.69 Å². The Bertz CT molecular complexity index is 1280. The molecule has 40 heavy (non-hydrogen) atoms. The molecule has 1 atom stereocenters. The summed E-state index contributed by atoms with van der Waals surface area (Å²) >= 11 is 12.5. The van der Waals surface area contributed by atoms with E-state index >= 15 is 0 Å². The maximum Gasteiger partial charge on any atom is 0.243 e. The highest BCUT2D eigenvalue weighted by molar-refractivity contribution is 7.92. The summed E-state index contributed by atoms with van der Waals surface area (Å²) in [6, 6.07) is 10.2. The van der Waals surface area contributed by atoms with Crippen LogP contribution in [-0.4, -0.2) is 50.0 Å². The molecule has 0 bridgehead atoms. The summed E-state index contributed by atoms with van der Waals surface area (Å²) in [5.41, 5.74) is 3.19. The number of nitrogens with zero attached hydrogens (tertiary/aromatic N) is 2. The summed E-state index contributed by atoms with van der Waals surface area (Å²) in [4.78, 5) is 28.7. The molecule has 0 heterocycles. The van der Waals surface area contributed by atoms with E-state index in [9.17, 15) is 18.0 Å². The van der Waals surface area contributed by atoms with Crippen LogP contribution in [0.5, 0.6) is 0 Å². The molecular weight excluding hydrogens is 569 g/mol. The SMILES string of the molecule is CCC(C(=O)NC1CCCCC1)N(Cc1ccc(Cl)cc1Cl)C(=O)CCCN(c1cc(C)cc(C)c1)S(C)(=O)=O. The standard InChI is InChI=1S/C30H41Cl2N3O4S/c1-5-28(30(37)33-25-10-7-6-8-11-25)34(20-23-13-14-24(31)19-27(23)32)29(36)12-9-15-35(40(4,38)39)26-17-21(2)16-22(3)18-26/h13-14,16-19,25,28H,5-12,15,20H2,1-4H3,(H,33,37). The molecule has 0 aromatic heterocycles. The van der Waals surface area contributed by atoms with Gasteiger partial charge in [0.15, 0.2) is 0 Å². The van der Waals surface area contributed by atoms with E-state index in [0.29, 0.717) is 34.1 Å². The van der Waals surface area contributed by atoms with Crippen LogP contribution in [0.3, 0.4) is 0 Å². The number of hydrogen-bond donors (Lipinski definition) is 1. The van der Waals surface area contributed by atoms with Crippen LogP contribution in [0.1, 0.15) is 75.0 Å². The van der Waals surface area contributed by atoms with E-state index in [-0.39, 0.29) is 37.4 Å². The molecule has 2 aromatic rings. The fraction of sp³-hybridized carbons (Fsp3) is 0.533. The molecular formula is C30H41Cl2N3O4S. The van der Waals surface area contributed by atoms with E-state index in [4.69, 9.17) is 23.2 Å². The normalized spacial score (nSPS) is 14.9. The highest BCUT2D eigenvalue weighted by Gasteiger charge is 2.31. The summed E-state index contributed by atoms with van der Waals surface area (Å²) in [6.07, 6.45) is 7.22. The Morgan fingerprint density at radius 1 is 1.02 bits per heavy atom. The molecule has 1 fully saturated rings. The van der Waals surface area contributed by atoms with E-state index < -0.39 is 16.1 Å². The molecule has 0 saturated heterocycles. The molecule has 1 aliphatic rings. The number of sulfonamides is 1. The van der Waals surface area contributed by atoms with Crippen molar-refractivity contribution in [2.24, 2.45) is 0 Å². The molecule has 2 aromatic carbocycles. The first kappa shape index (κ1) is 32.2. The fourth-order valence-electron chi connectivity index (χ4n) is 5.40. The van der Waals surface area contributed by atoms with Crippen molar-refractivity contribution in [1.82, 2.24) is 10.2 Å². The second-order valence-corrected chi connectivity index (χ2v) is 13.6. The first-order valence-electron chi connectivity index (χ1n) is 14.0. The highest BCUT2D eigenvalue weighted by Crippen LogP contribution is 2.26. The molecule has 0 radical (unpaired) electrons. The lowest BCUT2D eigenvalue weighted by Crippen LogP contribution is -2.51. The minimum Gasteiger partial charge on any atom is -0.352 e. The molecule has 1 unspecified atom stereocenters. The zero-order chi connectivity index (χ0) is 29.4. The van der Waals surface area contributed by atoms with Crippen molar-refractivity contribution in [3.05, 3.63) is 63.1 Å². The van der Waals surface area contributed by atoms with Crippen molar-refractivity contribution in [1.29, 1.82) is 0 Å². The molecule has 3 rings (SSSR count). The number of rotatable bonds is 12. The third-order valence-electron chi connectivity index (χ3n) is 7.34. The third-order valence-corrected chi connectivity index (χ3v) is 9.12. The topological polar surface area (TPSA) is 86.8 Å². The van der Waals surface area contributed by atoms with Gasteiger partial charge in [0.05, 0.1) is 11.9 Å². The number of amides is 2. The van der Waals surface area contributed by atoms with Gasteiger partial charge >= 0.3 is 0 Å². The first-order chi connectivity index (χ1) is 18.9. The van der Waals surface area contributed by atoms with E-state index in [1.807, 2.05) is 39.0 Å². The Hall–Kier alpha value is -2.29. The number of halogens is 2. The van der Waals surface area contributed by atoms with E-state index in [0.717, 1.165) is 36.8 Å². The first-order valence-corrected chi connectivity index (χ1v) is 16.6. The maximum atomic E-state index is 13.7. The lowest BCUT2D eigenvalue weighted by atomic mass is 9.95. The fourth-order valence-corrected chi connectivity index (χ4v) is 6.81. The number of aryl methyl sites for hydroxylation is 2. The van der Waals surface area contributed by atoms with Gasteiger partial charge < -0.3 is 10.2 Å². The van der Waals surface area contributed by atoms with Gasteiger partial charge in [0.25, 0.3) is 0 Å². The zero-order valence-electron chi connectivity index (χ0n) is 23.9. The molecule has 1 N–H and O–H groups in total. The average Bonchev–Trinajstić information content (AvgIpc) is 2.86. The molecule has 7 nitrogen and oxygen atoms in total. The monoisotopic (exact) mass is 609 g/mol. The van der Waals surface area contributed by atoms with Gasteiger partial charge in [0, 0.05) is 35.6 Å². The van der Waals surface area contributed by atoms with Crippen LogP contribution >= 0.6 is 23.2 Å². The summed E-state index contributed by atoms with van der Waals surface area (Å²) in [7, 11) is -3.56. The third kappa shape index (κ3) is 9.11. The number of benzene rings is 2. The summed E-state index contributed by atoms with van der Waals surface area (Å²) in [6.45, 7) is 6.03. The Kier molecular flexibility index (Phi) is 11.7. The number of anilines is 1. The van der Waals surface area contributed by atoms with Gasteiger partial charge in [-0.15, -0.1) is 0 Å². The lowest BCUT2D eigenvalue weighted by Gasteiger charge is -2.33. The predicted octanol–water partition coefficient (Wildman–Crippen LogP) is 6.41. The van der Waals surface area contributed by atoms with Crippen LogP contribution in [0.2, 0.25) is 10.0 Å². The predicted molar refractivity (Wildman–Crippen MR) is 163 cm³/mol. The second-order valence-electron chi connectivity index (χ2n) is 10.8. The molecule has 10 heteroatoms. The number of carbonyl (C=O) groups is 2. The zero-order valence-corrected chi connectivity index (χ0v) is 26.2. The van der Waals surface area contributed by atoms with Gasteiger partial charge in [0.1, 0.15) is 6.04 Å². The minimum atomic E-state index is -3.56. The molecule has 1 aliphatic carbocycles. The minimum absolute atomic E-state index is 0.0786. The Morgan fingerprint density at radius 3 is 2.25 bits per heavy atom. The molecule has 0 spiro atoms. The van der Waals surface area contributed by atoms with E-state index in [2.05, 4.69) is 5.32 Å². The number of nitrogens with one attached hydrogen (secondary N) is 1. The van der Waals surface area contributed by atoms with Crippen LogP contribution in [0, 0.1) is 13.8 Å². The van der Waals surface area contributed by atoms with Gasteiger partial charge in [-0.3, -0.25) is 13.9 Å². The van der Waals surface area contributed by atoms with Gasteiger partial charge in [-0.05, 0) is 80.5 Å². The van der Waals surface area contributed by atoms with Crippen LogP contribution in [-0.2, 0) is 26.2 Å². The van der Waals surface area contributed by atoms with Crippen molar-refractivity contribution in [2.45, 2.75) is 90.8 Å². The van der Waals surface area contributed by atoms with Crippen LogP contribution in [0.15, 0.2) is 36.4 Å². The van der Waals surface area contributed by atoms with Crippen molar-refractivity contribution < 1.29 is 18.0 Å². The molecule has 2 amide bonds.